The first-order valence-electron chi connectivity index (χ1n) is 4.88. The van der Waals surface area contributed by atoms with Crippen molar-refractivity contribution in [1.29, 1.82) is 0 Å². The molecule has 0 saturated heterocycles. The lowest BCUT2D eigenvalue weighted by atomic mass is 10.2. The number of hydrogen-bond acceptors (Lipinski definition) is 3. The standard InChI is InChI=1S/C12H12FNOS/c1-15-10-2-3-11(13)12(6-10)14-7-9-4-5-16-8-9/h2-6,8,14H,7H2,1H3. The average Bonchev–Trinajstić information content (AvgIpc) is 2.81. The number of anilines is 1. The van der Waals surface area contributed by atoms with Crippen molar-refractivity contribution in [3.8, 4) is 5.75 Å². The van der Waals surface area contributed by atoms with E-state index in [2.05, 4.69) is 5.32 Å². The predicted octanol–water partition coefficient (Wildman–Crippen LogP) is 3.51. The summed E-state index contributed by atoms with van der Waals surface area (Å²) in [6, 6.07) is 6.66. The molecule has 0 saturated carbocycles. The fourth-order valence-electron chi connectivity index (χ4n) is 1.36. The Bertz CT molecular complexity index is 456. The van der Waals surface area contributed by atoms with E-state index in [1.54, 1.807) is 30.6 Å². The van der Waals surface area contributed by atoms with Crippen molar-refractivity contribution in [1.82, 2.24) is 0 Å². The van der Waals surface area contributed by atoms with Crippen LogP contribution in [0.2, 0.25) is 0 Å². The summed E-state index contributed by atoms with van der Waals surface area (Å²) in [5, 5.41) is 7.07. The van der Waals surface area contributed by atoms with Crippen LogP contribution in [0, 0.1) is 5.82 Å². The van der Waals surface area contributed by atoms with Gasteiger partial charge in [0.1, 0.15) is 11.6 Å². The summed E-state index contributed by atoms with van der Waals surface area (Å²) in [7, 11) is 1.57. The second kappa shape index (κ2) is 4.99. The lowest BCUT2D eigenvalue weighted by molar-refractivity contribution is 0.414. The van der Waals surface area contributed by atoms with Gasteiger partial charge in [0, 0.05) is 12.6 Å². The van der Waals surface area contributed by atoms with Gasteiger partial charge in [-0.25, -0.2) is 4.39 Å². The molecule has 2 rings (SSSR count). The maximum atomic E-state index is 13.4. The number of thiophene rings is 1. The number of methoxy groups -OCH3 is 1. The first-order chi connectivity index (χ1) is 7.79. The fraction of sp³-hybridized carbons (Fsp3) is 0.167. The lowest BCUT2D eigenvalue weighted by Gasteiger charge is -2.08. The van der Waals surface area contributed by atoms with Crippen LogP contribution in [0.3, 0.4) is 0 Å². The molecule has 0 unspecified atom stereocenters. The third-order valence-corrected chi connectivity index (χ3v) is 2.97. The second-order valence-corrected chi connectivity index (χ2v) is 4.11. The first-order valence-corrected chi connectivity index (χ1v) is 5.82. The Kier molecular flexibility index (Phi) is 3.41. The van der Waals surface area contributed by atoms with Gasteiger partial charge in [-0.3, -0.25) is 0 Å². The molecule has 0 aliphatic heterocycles. The number of hydrogen-bond donors (Lipinski definition) is 1. The summed E-state index contributed by atoms with van der Waals surface area (Å²) in [5.74, 6) is 0.380. The van der Waals surface area contributed by atoms with Crippen LogP contribution in [0.15, 0.2) is 35.0 Å². The van der Waals surface area contributed by atoms with Gasteiger partial charge in [-0.05, 0) is 34.5 Å². The zero-order valence-corrected chi connectivity index (χ0v) is 9.68. The van der Waals surface area contributed by atoms with Gasteiger partial charge in [-0.1, -0.05) is 0 Å². The third kappa shape index (κ3) is 2.52. The summed E-state index contributed by atoms with van der Waals surface area (Å²) in [4.78, 5) is 0. The van der Waals surface area contributed by atoms with Crippen LogP contribution in [0.5, 0.6) is 5.75 Å². The highest BCUT2D eigenvalue weighted by atomic mass is 32.1. The highest BCUT2D eigenvalue weighted by Crippen LogP contribution is 2.21. The first kappa shape index (κ1) is 11.0. The van der Waals surface area contributed by atoms with Crippen LogP contribution in [-0.2, 0) is 6.54 Å². The lowest BCUT2D eigenvalue weighted by Crippen LogP contribution is -2.00. The van der Waals surface area contributed by atoms with Gasteiger partial charge >= 0.3 is 0 Å². The molecule has 1 N–H and O–H groups in total. The molecule has 0 fully saturated rings. The van der Waals surface area contributed by atoms with Crippen molar-refractivity contribution in [2.24, 2.45) is 0 Å². The summed E-state index contributed by atoms with van der Waals surface area (Å²) in [5.41, 5.74) is 1.61. The van der Waals surface area contributed by atoms with Crippen LogP contribution >= 0.6 is 11.3 Å². The molecule has 0 spiro atoms. The molecule has 16 heavy (non-hydrogen) atoms. The van der Waals surface area contributed by atoms with Crippen molar-refractivity contribution >= 4 is 17.0 Å². The molecule has 2 aromatic rings. The van der Waals surface area contributed by atoms with E-state index in [9.17, 15) is 4.39 Å². The molecule has 4 heteroatoms. The molecule has 1 aromatic carbocycles. The molecule has 0 aliphatic carbocycles. The maximum absolute atomic E-state index is 13.4. The van der Waals surface area contributed by atoms with Crippen LogP contribution in [-0.4, -0.2) is 7.11 Å². The SMILES string of the molecule is COc1ccc(F)c(NCc2ccsc2)c1. The van der Waals surface area contributed by atoms with Crippen LogP contribution in [0.25, 0.3) is 0 Å². The molecule has 0 bridgehead atoms. The van der Waals surface area contributed by atoms with E-state index in [4.69, 9.17) is 4.74 Å². The molecule has 84 valence electrons. The average molecular weight is 237 g/mol. The van der Waals surface area contributed by atoms with Crippen molar-refractivity contribution in [3.05, 3.63) is 46.4 Å². The van der Waals surface area contributed by atoms with Gasteiger partial charge in [-0.2, -0.15) is 11.3 Å². The Morgan fingerprint density at radius 1 is 1.38 bits per heavy atom. The van der Waals surface area contributed by atoms with Gasteiger partial charge < -0.3 is 10.1 Å². The molecular weight excluding hydrogens is 225 g/mol. The van der Waals surface area contributed by atoms with Gasteiger partial charge in [0.25, 0.3) is 0 Å². The van der Waals surface area contributed by atoms with E-state index >= 15 is 0 Å². The Morgan fingerprint density at radius 3 is 2.94 bits per heavy atom. The minimum Gasteiger partial charge on any atom is -0.497 e. The normalized spacial score (nSPS) is 10.1. The van der Waals surface area contributed by atoms with E-state index in [-0.39, 0.29) is 5.82 Å². The van der Waals surface area contributed by atoms with Gasteiger partial charge in [0.05, 0.1) is 12.8 Å². The molecule has 1 heterocycles. The Balaban J connectivity index is 2.08. The zero-order chi connectivity index (χ0) is 11.4. The quantitative estimate of drug-likeness (QED) is 0.878. The van der Waals surface area contributed by atoms with E-state index in [1.807, 2.05) is 16.8 Å². The van der Waals surface area contributed by atoms with Gasteiger partial charge in [0.15, 0.2) is 0 Å². The van der Waals surface area contributed by atoms with Gasteiger partial charge in [-0.15, -0.1) is 0 Å². The third-order valence-electron chi connectivity index (χ3n) is 2.24. The number of halogens is 1. The summed E-state index contributed by atoms with van der Waals surface area (Å²) >= 11 is 1.63. The van der Waals surface area contributed by atoms with Crippen molar-refractivity contribution in [3.63, 3.8) is 0 Å². The molecule has 1 aromatic heterocycles. The number of benzene rings is 1. The number of rotatable bonds is 4. The highest BCUT2D eigenvalue weighted by molar-refractivity contribution is 7.07. The predicted molar refractivity (Wildman–Crippen MR) is 64.6 cm³/mol. The van der Waals surface area contributed by atoms with Crippen LogP contribution < -0.4 is 10.1 Å². The summed E-state index contributed by atoms with van der Waals surface area (Å²) < 4.78 is 18.5. The highest BCUT2D eigenvalue weighted by Gasteiger charge is 2.03. The van der Waals surface area contributed by atoms with E-state index < -0.39 is 0 Å². The van der Waals surface area contributed by atoms with Crippen molar-refractivity contribution in [2.75, 3.05) is 12.4 Å². The topological polar surface area (TPSA) is 21.3 Å². The second-order valence-electron chi connectivity index (χ2n) is 3.33. The summed E-state index contributed by atoms with van der Waals surface area (Å²) in [6.07, 6.45) is 0. The molecule has 0 atom stereocenters. The molecule has 0 aliphatic rings. The fourth-order valence-corrected chi connectivity index (χ4v) is 2.03. The van der Waals surface area contributed by atoms with Crippen LogP contribution in [0.1, 0.15) is 5.56 Å². The van der Waals surface area contributed by atoms with Crippen LogP contribution in [0.4, 0.5) is 10.1 Å². The summed E-state index contributed by atoms with van der Waals surface area (Å²) in [6.45, 7) is 0.619. The largest absolute Gasteiger partial charge is 0.497 e. The zero-order valence-electron chi connectivity index (χ0n) is 8.87. The number of ether oxygens (including phenoxy) is 1. The molecule has 0 radical (unpaired) electrons. The minimum absolute atomic E-state index is 0.268. The Morgan fingerprint density at radius 2 is 2.25 bits per heavy atom. The Hall–Kier alpha value is -1.55. The number of nitrogens with one attached hydrogen (secondary N) is 1. The van der Waals surface area contributed by atoms with E-state index in [1.165, 1.54) is 6.07 Å². The Labute approximate surface area is 97.7 Å². The maximum Gasteiger partial charge on any atom is 0.146 e. The van der Waals surface area contributed by atoms with E-state index in [0.29, 0.717) is 18.0 Å². The van der Waals surface area contributed by atoms with Gasteiger partial charge in [0.2, 0.25) is 0 Å². The smallest absolute Gasteiger partial charge is 0.146 e. The monoisotopic (exact) mass is 237 g/mol. The molecule has 0 amide bonds. The molecular formula is C12H12FNOS. The van der Waals surface area contributed by atoms with E-state index in [0.717, 1.165) is 5.56 Å². The van der Waals surface area contributed by atoms with Crippen molar-refractivity contribution in [2.45, 2.75) is 6.54 Å². The minimum atomic E-state index is -0.268. The molecule has 2 nitrogen and oxygen atoms in total. The van der Waals surface area contributed by atoms with Crippen molar-refractivity contribution < 1.29 is 9.13 Å².